The summed E-state index contributed by atoms with van der Waals surface area (Å²) in [5, 5.41) is 5.68. The molecule has 0 spiro atoms. The molecule has 18 heavy (non-hydrogen) atoms. The molecule has 0 aliphatic heterocycles. The molecule has 4 heteroatoms. The maximum atomic E-state index is 5.93. The van der Waals surface area contributed by atoms with Crippen molar-refractivity contribution in [1.82, 2.24) is 4.98 Å². The molecular formula is C14H16BrClN2. The van der Waals surface area contributed by atoms with Crippen molar-refractivity contribution in [2.75, 3.05) is 17.7 Å². The highest BCUT2D eigenvalue weighted by atomic mass is 79.9. The molecule has 0 bridgehead atoms. The highest BCUT2D eigenvalue weighted by molar-refractivity contribution is 9.10. The van der Waals surface area contributed by atoms with E-state index in [2.05, 4.69) is 46.1 Å². The third kappa shape index (κ3) is 2.96. The number of hydrogen-bond acceptors (Lipinski definition) is 2. The summed E-state index contributed by atoms with van der Waals surface area (Å²) in [6.45, 7) is 5.07. The maximum Gasteiger partial charge on any atom is 0.133 e. The van der Waals surface area contributed by atoms with E-state index >= 15 is 0 Å². The minimum absolute atomic E-state index is 0.0530. The second kappa shape index (κ2) is 5.45. The number of fused-ring (bicyclic) bond motifs is 1. The SMILES string of the molecule is CC(C)(CCl)CNc1nccc2c(Br)cccc12. The predicted molar refractivity (Wildman–Crippen MR) is 82.4 cm³/mol. The zero-order valence-corrected chi connectivity index (χ0v) is 12.8. The van der Waals surface area contributed by atoms with Crippen molar-refractivity contribution < 1.29 is 0 Å². The number of alkyl halides is 1. The van der Waals surface area contributed by atoms with Crippen LogP contribution in [0.25, 0.3) is 10.8 Å². The Morgan fingerprint density at radius 1 is 1.28 bits per heavy atom. The van der Waals surface area contributed by atoms with Crippen LogP contribution in [0.1, 0.15) is 13.8 Å². The summed E-state index contributed by atoms with van der Waals surface area (Å²) >= 11 is 9.49. The Labute approximate surface area is 121 Å². The summed E-state index contributed by atoms with van der Waals surface area (Å²) in [4.78, 5) is 4.41. The van der Waals surface area contributed by atoms with E-state index in [9.17, 15) is 0 Å². The normalized spacial score (nSPS) is 11.8. The first kappa shape index (κ1) is 13.6. The van der Waals surface area contributed by atoms with Gasteiger partial charge in [-0.1, -0.05) is 41.9 Å². The van der Waals surface area contributed by atoms with Gasteiger partial charge >= 0.3 is 0 Å². The third-order valence-electron chi connectivity index (χ3n) is 2.85. The number of halogens is 2. The Balaban J connectivity index is 2.32. The molecule has 0 aliphatic carbocycles. The van der Waals surface area contributed by atoms with Crippen LogP contribution < -0.4 is 5.32 Å². The largest absolute Gasteiger partial charge is 0.369 e. The molecule has 1 heterocycles. The Morgan fingerprint density at radius 3 is 2.78 bits per heavy atom. The number of nitrogens with zero attached hydrogens (tertiary/aromatic N) is 1. The number of pyridine rings is 1. The van der Waals surface area contributed by atoms with Crippen LogP contribution in [-0.4, -0.2) is 17.4 Å². The number of anilines is 1. The summed E-state index contributed by atoms with van der Waals surface area (Å²) in [5.74, 6) is 1.53. The van der Waals surface area contributed by atoms with Gasteiger partial charge in [-0.3, -0.25) is 0 Å². The zero-order valence-electron chi connectivity index (χ0n) is 10.5. The quantitative estimate of drug-likeness (QED) is 0.825. The molecule has 2 rings (SSSR count). The lowest BCUT2D eigenvalue weighted by molar-refractivity contribution is 0.450. The van der Waals surface area contributed by atoms with Gasteiger partial charge in [-0.25, -0.2) is 4.98 Å². The van der Waals surface area contributed by atoms with Crippen molar-refractivity contribution in [3.63, 3.8) is 0 Å². The first-order valence-electron chi connectivity index (χ1n) is 5.86. The van der Waals surface area contributed by atoms with Crippen LogP contribution >= 0.6 is 27.5 Å². The van der Waals surface area contributed by atoms with Gasteiger partial charge in [0.1, 0.15) is 5.82 Å². The molecule has 2 nitrogen and oxygen atoms in total. The molecule has 0 atom stereocenters. The second-order valence-corrected chi connectivity index (χ2v) is 6.27. The average Bonchev–Trinajstić information content (AvgIpc) is 2.37. The van der Waals surface area contributed by atoms with Crippen molar-refractivity contribution in [1.29, 1.82) is 0 Å². The molecule has 1 aromatic heterocycles. The minimum Gasteiger partial charge on any atom is -0.369 e. The van der Waals surface area contributed by atoms with E-state index in [4.69, 9.17) is 11.6 Å². The van der Waals surface area contributed by atoms with Crippen LogP contribution in [0.2, 0.25) is 0 Å². The summed E-state index contributed by atoms with van der Waals surface area (Å²) in [7, 11) is 0. The maximum absolute atomic E-state index is 5.93. The van der Waals surface area contributed by atoms with Crippen LogP contribution in [0.3, 0.4) is 0 Å². The van der Waals surface area contributed by atoms with Gasteiger partial charge in [-0.15, -0.1) is 11.6 Å². The fourth-order valence-electron chi connectivity index (χ4n) is 1.68. The van der Waals surface area contributed by atoms with Gasteiger partial charge in [-0.2, -0.15) is 0 Å². The highest BCUT2D eigenvalue weighted by Crippen LogP contribution is 2.28. The molecule has 0 saturated carbocycles. The van der Waals surface area contributed by atoms with E-state index < -0.39 is 0 Å². The fraction of sp³-hybridized carbons (Fsp3) is 0.357. The lowest BCUT2D eigenvalue weighted by atomic mass is 9.96. The average molecular weight is 328 g/mol. The summed E-state index contributed by atoms with van der Waals surface area (Å²) in [5.41, 5.74) is 0.0530. The number of aromatic nitrogens is 1. The van der Waals surface area contributed by atoms with Gasteiger partial charge in [0.2, 0.25) is 0 Å². The Bertz CT molecular complexity index is 554. The standard InChI is InChI=1S/C14H16BrClN2/c1-14(2,8-16)9-18-13-11-4-3-5-12(15)10(11)6-7-17-13/h3-7H,8-9H2,1-2H3,(H,17,18). The molecule has 0 saturated heterocycles. The van der Waals surface area contributed by atoms with Gasteiger partial charge < -0.3 is 5.32 Å². The highest BCUT2D eigenvalue weighted by Gasteiger charge is 2.16. The van der Waals surface area contributed by atoms with E-state index in [1.54, 1.807) is 0 Å². The van der Waals surface area contributed by atoms with E-state index in [1.807, 2.05) is 24.4 Å². The summed E-state index contributed by atoms with van der Waals surface area (Å²) in [6.07, 6.45) is 1.82. The number of benzene rings is 1. The Kier molecular flexibility index (Phi) is 4.13. The van der Waals surface area contributed by atoms with Crippen molar-refractivity contribution in [3.05, 3.63) is 34.9 Å². The molecule has 96 valence electrons. The monoisotopic (exact) mass is 326 g/mol. The molecule has 0 aliphatic rings. The van der Waals surface area contributed by atoms with Crippen LogP contribution in [0.5, 0.6) is 0 Å². The Hall–Kier alpha value is -0.800. The van der Waals surface area contributed by atoms with E-state index in [-0.39, 0.29) is 5.41 Å². The van der Waals surface area contributed by atoms with Crippen LogP contribution in [0.15, 0.2) is 34.9 Å². The fourth-order valence-corrected chi connectivity index (χ4v) is 2.27. The zero-order chi connectivity index (χ0) is 13.2. The number of rotatable bonds is 4. The minimum atomic E-state index is 0.0530. The van der Waals surface area contributed by atoms with Gasteiger partial charge in [0, 0.05) is 33.9 Å². The van der Waals surface area contributed by atoms with Gasteiger partial charge in [0.05, 0.1) is 0 Å². The second-order valence-electron chi connectivity index (χ2n) is 5.15. The van der Waals surface area contributed by atoms with Crippen molar-refractivity contribution in [2.24, 2.45) is 5.41 Å². The smallest absolute Gasteiger partial charge is 0.133 e. The third-order valence-corrected chi connectivity index (χ3v) is 4.26. The van der Waals surface area contributed by atoms with Crippen LogP contribution in [-0.2, 0) is 0 Å². The van der Waals surface area contributed by atoms with Gasteiger partial charge in [-0.05, 0) is 17.5 Å². The van der Waals surface area contributed by atoms with Crippen molar-refractivity contribution in [3.8, 4) is 0 Å². The predicted octanol–water partition coefficient (Wildman–Crippen LogP) is 4.67. The topological polar surface area (TPSA) is 24.9 Å². The first-order valence-corrected chi connectivity index (χ1v) is 7.19. The van der Waals surface area contributed by atoms with Crippen LogP contribution in [0.4, 0.5) is 5.82 Å². The molecule has 1 N–H and O–H groups in total. The van der Waals surface area contributed by atoms with E-state index in [0.717, 1.165) is 22.2 Å². The van der Waals surface area contributed by atoms with Crippen LogP contribution in [0, 0.1) is 5.41 Å². The lowest BCUT2D eigenvalue weighted by Crippen LogP contribution is -2.25. The number of nitrogens with one attached hydrogen (secondary N) is 1. The summed E-state index contributed by atoms with van der Waals surface area (Å²) < 4.78 is 1.09. The molecule has 0 amide bonds. The Morgan fingerprint density at radius 2 is 2.06 bits per heavy atom. The molecule has 0 fully saturated rings. The van der Waals surface area contributed by atoms with E-state index in [1.165, 1.54) is 5.39 Å². The number of hydrogen-bond donors (Lipinski definition) is 1. The van der Waals surface area contributed by atoms with Crippen molar-refractivity contribution >= 4 is 44.1 Å². The lowest BCUT2D eigenvalue weighted by Gasteiger charge is -2.22. The van der Waals surface area contributed by atoms with E-state index in [0.29, 0.717) is 5.88 Å². The van der Waals surface area contributed by atoms with Gasteiger partial charge in [0.15, 0.2) is 0 Å². The first-order chi connectivity index (χ1) is 8.53. The molecule has 2 aromatic rings. The molecular weight excluding hydrogens is 312 g/mol. The molecule has 0 unspecified atom stereocenters. The summed E-state index contributed by atoms with van der Waals surface area (Å²) in [6, 6.07) is 8.14. The molecule has 1 aromatic carbocycles. The van der Waals surface area contributed by atoms with Crippen molar-refractivity contribution in [2.45, 2.75) is 13.8 Å². The molecule has 0 radical (unpaired) electrons. The van der Waals surface area contributed by atoms with Gasteiger partial charge in [0.25, 0.3) is 0 Å².